The van der Waals surface area contributed by atoms with E-state index in [0.29, 0.717) is 11.4 Å². The third-order valence-corrected chi connectivity index (χ3v) is 5.25. The smallest absolute Gasteiger partial charge is 0.382 e. The SMILES string of the molecule is COC[C@H]1CN(c2ccc(C(F)(F)F)cc2)C(=O)c2c(C(=O)Nc3ccnc(C)c3)cnn21. The standard InChI is InChI=1S/C22H20F3N5O3/c1-13-9-15(7-8-26-13)28-20(31)18-10-27-30-17(12-33-2)11-29(21(32)19(18)30)16-5-3-14(4-6-16)22(23,24)25/h3-10,17H,11-12H2,1-2H3,(H,26,28,31)/t17-/m1/s1. The second-order valence-corrected chi connectivity index (χ2v) is 7.56. The predicted molar refractivity (Wildman–Crippen MR) is 113 cm³/mol. The molecule has 4 rings (SSSR count). The van der Waals surface area contributed by atoms with Crippen LogP contribution in [0.5, 0.6) is 0 Å². The zero-order chi connectivity index (χ0) is 23.8. The molecule has 1 atom stereocenters. The van der Waals surface area contributed by atoms with Crippen molar-refractivity contribution >= 4 is 23.2 Å². The van der Waals surface area contributed by atoms with Gasteiger partial charge in [-0.2, -0.15) is 18.3 Å². The van der Waals surface area contributed by atoms with Crippen LogP contribution in [0.1, 0.15) is 38.1 Å². The van der Waals surface area contributed by atoms with Crippen LogP contribution in [0.4, 0.5) is 24.5 Å². The molecule has 33 heavy (non-hydrogen) atoms. The maximum atomic E-state index is 13.4. The minimum Gasteiger partial charge on any atom is -0.382 e. The van der Waals surface area contributed by atoms with E-state index in [-0.39, 0.29) is 30.1 Å². The summed E-state index contributed by atoms with van der Waals surface area (Å²) in [5.74, 6) is -1.09. The second kappa shape index (κ2) is 8.66. The molecule has 0 radical (unpaired) electrons. The van der Waals surface area contributed by atoms with Crippen molar-refractivity contribution in [3.8, 4) is 0 Å². The Morgan fingerprint density at radius 3 is 2.61 bits per heavy atom. The highest BCUT2D eigenvalue weighted by Crippen LogP contribution is 2.33. The fourth-order valence-corrected chi connectivity index (χ4v) is 3.71. The number of halogens is 3. The topological polar surface area (TPSA) is 89.3 Å². The number of nitrogens with one attached hydrogen (secondary N) is 1. The number of carbonyl (C=O) groups excluding carboxylic acids is 2. The first-order chi connectivity index (χ1) is 15.7. The normalized spacial score (nSPS) is 16.0. The van der Waals surface area contributed by atoms with Gasteiger partial charge in [0.15, 0.2) is 0 Å². The zero-order valence-corrected chi connectivity index (χ0v) is 17.8. The first kappa shape index (κ1) is 22.5. The number of ether oxygens (including phenoxy) is 1. The Hall–Kier alpha value is -3.73. The maximum Gasteiger partial charge on any atom is 0.416 e. The summed E-state index contributed by atoms with van der Waals surface area (Å²) < 4.78 is 45.5. The third kappa shape index (κ3) is 4.44. The summed E-state index contributed by atoms with van der Waals surface area (Å²) in [5, 5.41) is 6.95. The summed E-state index contributed by atoms with van der Waals surface area (Å²) in [6.45, 7) is 2.08. The Bertz CT molecular complexity index is 1190. The molecule has 0 fully saturated rings. The lowest BCUT2D eigenvalue weighted by Crippen LogP contribution is -2.45. The number of alkyl halides is 3. The van der Waals surface area contributed by atoms with Gasteiger partial charge in [0.2, 0.25) is 0 Å². The molecule has 0 saturated carbocycles. The summed E-state index contributed by atoms with van der Waals surface area (Å²) in [5.41, 5.74) is 0.747. The monoisotopic (exact) mass is 459 g/mol. The number of benzene rings is 1. The minimum atomic E-state index is -4.49. The van der Waals surface area contributed by atoms with Gasteiger partial charge in [-0.25, -0.2) is 0 Å². The molecule has 1 aliphatic rings. The number of carbonyl (C=O) groups is 2. The highest BCUT2D eigenvalue weighted by molar-refractivity contribution is 6.15. The Morgan fingerprint density at radius 2 is 1.97 bits per heavy atom. The van der Waals surface area contributed by atoms with Crippen LogP contribution >= 0.6 is 0 Å². The van der Waals surface area contributed by atoms with E-state index < -0.39 is 29.6 Å². The van der Waals surface area contributed by atoms with E-state index in [4.69, 9.17) is 4.74 Å². The number of nitrogens with zero attached hydrogens (tertiary/aromatic N) is 4. The molecule has 2 aromatic heterocycles. The van der Waals surface area contributed by atoms with Crippen molar-refractivity contribution in [1.82, 2.24) is 14.8 Å². The van der Waals surface area contributed by atoms with Crippen molar-refractivity contribution in [3.63, 3.8) is 0 Å². The Kier molecular flexibility index (Phi) is 5.90. The van der Waals surface area contributed by atoms with Gasteiger partial charge >= 0.3 is 6.18 Å². The van der Waals surface area contributed by atoms with Gasteiger partial charge in [0.05, 0.1) is 36.5 Å². The van der Waals surface area contributed by atoms with E-state index in [9.17, 15) is 22.8 Å². The van der Waals surface area contributed by atoms with Crippen LogP contribution in [0.15, 0.2) is 48.8 Å². The third-order valence-electron chi connectivity index (χ3n) is 5.25. The van der Waals surface area contributed by atoms with Crippen molar-refractivity contribution < 1.29 is 27.5 Å². The zero-order valence-electron chi connectivity index (χ0n) is 17.8. The number of hydrogen-bond acceptors (Lipinski definition) is 5. The highest BCUT2D eigenvalue weighted by Gasteiger charge is 2.37. The molecule has 11 heteroatoms. The summed E-state index contributed by atoms with van der Waals surface area (Å²) in [6, 6.07) is 7.16. The first-order valence-electron chi connectivity index (χ1n) is 9.98. The molecule has 1 aromatic carbocycles. The van der Waals surface area contributed by atoms with Crippen LogP contribution in [0.2, 0.25) is 0 Å². The quantitative estimate of drug-likeness (QED) is 0.629. The van der Waals surface area contributed by atoms with Gasteiger partial charge in [-0.1, -0.05) is 0 Å². The number of fused-ring (bicyclic) bond motifs is 1. The summed E-state index contributed by atoms with van der Waals surface area (Å²) in [7, 11) is 1.49. The Morgan fingerprint density at radius 1 is 1.24 bits per heavy atom. The van der Waals surface area contributed by atoms with Crippen molar-refractivity contribution in [2.75, 3.05) is 30.5 Å². The van der Waals surface area contributed by atoms with E-state index in [1.807, 2.05) is 0 Å². The average molecular weight is 459 g/mol. The maximum absolute atomic E-state index is 13.4. The highest BCUT2D eigenvalue weighted by atomic mass is 19.4. The molecule has 2 amide bonds. The van der Waals surface area contributed by atoms with Gasteiger partial charge in [-0.05, 0) is 43.3 Å². The number of pyridine rings is 1. The Balaban J connectivity index is 1.68. The number of amides is 2. The minimum absolute atomic E-state index is 0.0338. The van der Waals surface area contributed by atoms with Crippen LogP contribution in [-0.4, -0.2) is 46.8 Å². The van der Waals surface area contributed by atoms with E-state index in [0.717, 1.165) is 12.1 Å². The lowest BCUT2D eigenvalue weighted by molar-refractivity contribution is -0.137. The van der Waals surface area contributed by atoms with Crippen LogP contribution in [-0.2, 0) is 10.9 Å². The molecule has 0 saturated heterocycles. The van der Waals surface area contributed by atoms with Gasteiger partial charge in [-0.3, -0.25) is 19.3 Å². The largest absolute Gasteiger partial charge is 0.416 e. The van der Waals surface area contributed by atoms with Gasteiger partial charge in [0.1, 0.15) is 5.69 Å². The number of aryl methyl sites for hydroxylation is 1. The first-order valence-corrected chi connectivity index (χ1v) is 9.98. The molecular weight excluding hydrogens is 439 g/mol. The summed E-state index contributed by atoms with van der Waals surface area (Å²) in [6.07, 6.45) is -1.64. The lowest BCUT2D eigenvalue weighted by atomic mass is 10.1. The van der Waals surface area contributed by atoms with Crippen LogP contribution in [0, 0.1) is 6.92 Å². The fraction of sp³-hybridized carbons (Fsp3) is 0.273. The molecule has 1 aliphatic heterocycles. The average Bonchev–Trinajstić information content (AvgIpc) is 3.21. The molecule has 172 valence electrons. The van der Waals surface area contributed by atoms with Gasteiger partial charge in [-0.15, -0.1) is 0 Å². The van der Waals surface area contributed by atoms with Crippen molar-refractivity contribution in [2.45, 2.75) is 19.1 Å². The van der Waals surface area contributed by atoms with Gasteiger partial charge in [0, 0.05) is 30.4 Å². The molecule has 0 unspecified atom stereocenters. The van der Waals surface area contributed by atoms with Crippen LogP contribution in [0.3, 0.4) is 0 Å². The molecular formula is C22H20F3N5O3. The molecule has 0 spiro atoms. The molecule has 0 bridgehead atoms. The van der Waals surface area contributed by atoms with Crippen LogP contribution in [0.25, 0.3) is 0 Å². The molecule has 3 heterocycles. The number of aromatic nitrogens is 3. The number of anilines is 2. The van der Waals surface area contributed by atoms with Crippen LogP contribution < -0.4 is 10.2 Å². The number of hydrogen-bond donors (Lipinski definition) is 1. The van der Waals surface area contributed by atoms with Crippen molar-refractivity contribution in [1.29, 1.82) is 0 Å². The van der Waals surface area contributed by atoms with E-state index in [1.165, 1.54) is 35.0 Å². The van der Waals surface area contributed by atoms with E-state index in [1.54, 1.807) is 25.3 Å². The summed E-state index contributed by atoms with van der Waals surface area (Å²) in [4.78, 5) is 31.7. The molecule has 8 nitrogen and oxygen atoms in total. The molecule has 0 aliphatic carbocycles. The predicted octanol–water partition coefficient (Wildman–Crippen LogP) is 3.71. The summed E-state index contributed by atoms with van der Waals surface area (Å²) >= 11 is 0. The number of rotatable bonds is 5. The molecule has 1 N–H and O–H groups in total. The lowest BCUT2D eigenvalue weighted by Gasteiger charge is -2.33. The number of methoxy groups -OCH3 is 1. The van der Waals surface area contributed by atoms with Crippen molar-refractivity contribution in [3.05, 3.63) is 71.3 Å². The second-order valence-electron chi connectivity index (χ2n) is 7.56. The van der Waals surface area contributed by atoms with Gasteiger partial charge < -0.3 is 15.0 Å². The van der Waals surface area contributed by atoms with Gasteiger partial charge in [0.25, 0.3) is 11.8 Å². The molecule has 3 aromatic rings. The van der Waals surface area contributed by atoms with Crippen molar-refractivity contribution in [2.24, 2.45) is 0 Å². The Labute approximate surface area is 187 Å². The fourth-order valence-electron chi connectivity index (χ4n) is 3.71. The van der Waals surface area contributed by atoms with E-state index >= 15 is 0 Å². The van der Waals surface area contributed by atoms with E-state index in [2.05, 4.69) is 15.4 Å².